The number of hydrogen-bond acceptors (Lipinski definition) is 4. The van der Waals surface area contributed by atoms with Gasteiger partial charge in [0, 0.05) is 30.1 Å². The van der Waals surface area contributed by atoms with E-state index in [0.717, 1.165) is 47.9 Å². The van der Waals surface area contributed by atoms with E-state index in [0.29, 0.717) is 11.3 Å². The molecule has 0 spiro atoms. The second kappa shape index (κ2) is 6.72. The van der Waals surface area contributed by atoms with Crippen LogP contribution < -0.4 is 5.32 Å². The molecule has 3 aromatic rings. The Kier molecular flexibility index (Phi) is 4.15. The van der Waals surface area contributed by atoms with Gasteiger partial charge in [0.1, 0.15) is 11.3 Å². The molecule has 29 heavy (non-hydrogen) atoms. The highest BCUT2D eigenvalue weighted by Gasteiger charge is 2.43. The van der Waals surface area contributed by atoms with Gasteiger partial charge in [-0.1, -0.05) is 37.6 Å². The van der Waals surface area contributed by atoms with Crippen LogP contribution in [0, 0.1) is 0 Å². The number of aromatic hydroxyl groups is 1. The molecule has 0 bridgehead atoms. The van der Waals surface area contributed by atoms with Gasteiger partial charge in [0.25, 0.3) is 0 Å². The lowest BCUT2D eigenvalue weighted by Gasteiger charge is -2.41. The molecule has 1 fully saturated rings. The number of carbonyl (C=O) groups excluding carboxylic acids is 1. The summed E-state index contributed by atoms with van der Waals surface area (Å²) in [6.45, 7) is 5.42. The minimum atomic E-state index is -0.443. The van der Waals surface area contributed by atoms with Crippen LogP contribution in [-0.2, 0) is 4.79 Å². The molecule has 1 amide bonds. The lowest BCUT2D eigenvalue weighted by molar-refractivity contribution is -0.134. The maximum Gasteiger partial charge on any atom is 0.220 e. The molecule has 3 heterocycles. The predicted molar refractivity (Wildman–Crippen MR) is 113 cm³/mol. The molecule has 6 heteroatoms. The molecule has 1 aromatic carbocycles. The van der Waals surface area contributed by atoms with Crippen LogP contribution in [0.15, 0.2) is 41.5 Å². The lowest BCUT2D eigenvalue weighted by Crippen LogP contribution is -2.50. The minimum Gasteiger partial charge on any atom is -0.494 e. The smallest absolute Gasteiger partial charge is 0.220 e. The molecule has 0 radical (unpaired) electrons. The third-order valence-electron chi connectivity index (χ3n) is 6.33. The van der Waals surface area contributed by atoms with Gasteiger partial charge in [-0.15, -0.1) is 0 Å². The Morgan fingerprint density at radius 1 is 1.34 bits per heavy atom. The van der Waals surface area contributed by atoms with Crippen molar-refractivity contribution in [3.63, 3.8) is 0 Å². The van der Waals surface area contributed by atoms with Crippen LogP contribution in [-0.4, -0.2) is 33.0 Å². The fourth-order valence-electron chi connectivity index (χ4n) is 5.10. The first-order valence-electron chi connectivity index (χ1n) is 10.2. The van der Waals surface area contributed by atoms with E-state index >= 15 is 0 Å². The summed E-state index contributed by atoms with van der Waals surface area (Å²) >= 11 is 0. The molecule has 1 aliphatic carbocycles. The number of benzene rings is 1. The normalized spacial score (nSPS) is 23.8. The molecule has 1 aliphatic heterocycles. The average molecular weight is 391 g/mol. The zero-order valence-electron chi connectivity index (χ0n) is 16.4. The van der Waals surface area contributed by atoms with Gasteiger partial charge in [0.15, 0.2) is 5.88 Å². The molecule has 3 atom stereocenters. The van der Waals surface area contributed by atoms with Gasteiger partial charge in [0.05, 0.1) is 23.3 Å². The number of amides is 1. The summed E-state index contributed by atoms with van der Waals surface area (Å²) in [7, 11) is 0. The number of hydrogen-bond donors (Lipinski definition) is 3. The monoisotopic (exact) mass is 391 g/mol. The van der Waals surface area contributed by atoms with Crippen LogP contribution in [0.4, 0.5) is 5.69 Å². The van der Waals surface area contributed by atoms with E-state index in [-0.39, 0.29) is 23.9 Å². The summed E-state index contributed by atoms with van der Waals surface area (Å²) in [6, 6.07) is 7.66. The van der Waals surface area contributed by atoms with Gasteiger partial charge in [-0.05, 0) is 25.0 Å². The SMILES string of the molecule is C=Cc1cc2cccc([C@@H]3c4c(c[nH]c4O)N[C@@H]4CCCC[C@H]4N3C(C)=O)c2o1. The summed E-state index contributed by atoms with van der Waals surface area (Å²) in [5.74, 6) is 0.757. The minimum absolute atomic E-state index is 0.00495. The number of nitrogens with one attached hydrogen (secondary N) is 2. The number of aromatic nitrogens is 1. The van der Waals surface area contributed by atoms with Gasteiger partial charge in [-0.3, -0.25) is 4.79 Å². The third kappa shape index (κ3) is 2.74. The number of H-pyrrole nitrogens is 1. The van der Waals surface area contributed by atoms with Crippen molar-refractivity contribution in [3.8, 4) is 5.88 Å². The van der Waals surface area contributed by atoms with Crippen LogP contribution in [0.5, 0.6) is 5.88 Å². The van der Waals surface area contributed by atoms with Gasteiger partial charge in [-0.2, -0.15) is 0 Å². The molecular formula is C23H25N3O3. The van der Waals surface area contributed by atoms with E-state index in [1.807, 2.05) is 29.2 Å². The zero-order chi connectivity index (χ0) is 20.1. The number of para-hydroxylation sites is 1. The second-order valence-electron chi connectivity index (χ2n) is 8.01. The molecule has 2 aliphatic rings. The van der Waals surface area contributed by atoms with E-state index in [9.17, 15) is 9.90 Å². The maximum absolute atomic E-state index is 13.0. The fraction of sp³-hybridized carbons (Fsp3) is 0.348. The highest BCUT2D eigenvalue weighted by Crippen LogP contribution is 2.47. The predicted octanol–water partition coefficient (Wildman–Crippen LogP) is 4.78. The number of rotatable bonds is 2. The molecule has 5 rings (SSSR count). The van der Waals surface area contributed by atoms with Crippen LogP contribution in [0.25, 0.3) is 17.0 Å². The second-order valence-corrected chi connectivity index (χ2v) is 8.01. The number of carbonyl (C=O) groups is 1. The first-order chi connectivity index (χ1) is 14.1. The van der Waals surface area contributed by atoms with Crippen molar-refractivity contribution in [1.29, 1.82) is 0 Å². The summed E-state index contributed by atoms with van der Waals surface area (Å²) in [6.07, 6.45) is 7.63. The molecule has 6 nitrogen and oxygen atoms in total. The third-order valence-corrected chi connectivity index (χ3v) is 6.33. The van der Waals surface area contributed by atoms with Crippen LogP contribution in [0.1, 0.15) is 55.5 Å². The highest BCUT2D eigenvalue weighted by atomic mass is 16.3. The highest BCUT2D eigenvalue weighted by molar-refractivity contribution is 5.86. The summed E-state index contributed by atoms with van der Waals surface area (Å²) in [4.78, 5) is 17.9. The topological polar surface area (TPSA) is 81.5 Å². The zero-order valence-corrected chi connectivity index (χ0v) is 16.4. The fourth-order valence-corrected chi connectivity index (χ4v) is 5.10. The van der Waals surface area contributed by atoms with Crippen molar-refractivity contribution in [2.45, 2.75) is 50.7 Å². The van der Waals surface area contributed by atoms with E-state index < -0.39 is 6.04 Å². The number of aromatic amines is 1. The summed E-state index contributed by atoms with van der Waals surface area (Å²) < 4.78 is 6.07. The Hall–Kier alpha value is -3.15. The molecule has 0 saturated heterocycles. The van der Waals surface area contributed by atoms with Crippen LogP contribution in [0.3, 0.4) is 0 Å². The van der Waals surface area contributed by atoms with E-state index in [2.05, 4.69) is 16.9 Å². The Bertz CT molecular complexity index is 1100. The standard InChI is InChI=1S/C23H25N3O3/c1-3-15-11-14-7-6-8-16(22(14)29-15)21-20-18(12-24-23(20)28)25-17-9-4-5-10-19(17)26(21)13(2)27/h3,6-8,11-12,17,19,21,24-25,28H,1,4-5,9-10H2,2H3/t17-,19-,21-/m1/s1. The Morgan fingerprint density at radius 3 is 2.97 bits per heavy atom. The van der Waals surface area contributed by atoms with Crippen molar-refractivity contribution in [1.82, 2.24) is 9.88 Å². The largest absolute Gasteiger partial charge is 0.494 e. The van der Waals surface area contributed by atoms with Crippen molar-refractivity contribution >= 4 is 28.6 Å². The number of nitrogens with zero attached hydrogens (tertiary/aromatic N) is 1. The van der Waals surface area contributed by atoms with E-state index in [1.54, 1.807) is 19.2 Å². The van der Waals surface area contributed by atoms with E-state index in [1.165, 1.54) is 0 Å². The van der Waals surface area contributed by atoms with Gasteiger partial charge >= 0.3 is 0 Å². The average Bonchev–Trinajstić information content (AvgIpc) is 3.26. The van der Waals surface area contributed by atoms with Gasteiger partial charge in [-0.25, -0.2) is 0 Å². The summed E-state index contributed by atoms with van der Waals surface area (Å²) in [5.41, 5.74) is 3.13. The van der Waals surface area contributed by atoms with Crippen LogP contribution >= 0.6 is 0 Å². The maximum atomic E-state index is 13.0. The quantitative estimate of drug-likeness (QED) is 0.587. The number of furan rings is 1. The van der Waals surface area contributed by atoms with Crippen molar-refractivity contribution in [2.24, 2.45) is 0 Å². The summed E-state index contributed by atoms with van der Waals surface area (Å²) in [5, 5.41) is 15.3. The molecular weight excluding hydrogens is 366 g/mol. The van der Waals surface area contributed by atoms with Crippen molar-refractivity contribution in [3.05, 3.63) is 53.9 Å². The Morgan fingerprint density at radius 2 is 2.17 bits per heavy atom. The Balaban J connectivity index is 1.78. The number of anilines is 1. The van der Waals surface area contributed by atoms with Gasteiger partial charge in [0.2, 0.25) is 5.91 Å². The first-order valence-corrected chi connectivity index (χ1v) is 10.2. The van der Waals surface area contributed by atoms with Crippen molar-refractivity contribution < 1.29 is 14.3 Å². The van der Waals surface area contributed by atoms with Crippen molar-refractivity contribution in [2.75, 3.05) is 5.32 Å². The Labute approximate surface area is 169 Å². The molecule has 3 N–H and O–H groups in total. The lowest BCUT2D eigenvalue weighted by atomic mass is 9.87. The van der Waals surface area contributed by atoms with E-state index in [4.69, 9.17) is 4.42 Å². The molecule has 1 saturated carbocycles. The number of fused-ring (bicyclic) bond motifs is 3. The van der Waals surface area contributed by atoms with Gasteiger partial charge < -0.3 is 24.7 Å². The molecule has 150 valence electrons. The molecule has 2 aromatic heterocycles. The molecule has 0 unspecified atom stereocenters. The first kappa shape index (κ1) is 17.9. The van der Waals surface area contributed by atoms with Crippen LogP contribution in [0.2, 0.25) is 0 Å².